The maximum atomic E-state index is 6.56. The predicted octanol–water partition coefficient (Wildman–Crippen LogP) is 22.3. The van der Waals surface area contributed by atoms with Crippen LogP contribution in [0, 0.1) is 0 Å². The Kier molecular flexibility index (Phi) is 12.8. The van der Waals surface area contributed by atoms with Crippen molar-refractivity contribution in [2.75, 3.05) is 0 Å². The zero-order valence-corrected chi connectivity index (χ0v) is 54.7. The number of hydrogen-bond acceptors (Lipinski definition) is 10. The summed E-state index contributed by atoms with van der Waals surface area (Å²) in [7, 11) is -0.240. The molecule has 458 valence electrons. The topological polar surface area (TPSA) is 106 Å². The highest BCUT2D eigenvalue weighted by atomic mass is 35.5. The lowest BCUT2D eigenvalue weighted by molar-refractivity contribution is 0.00578. The molecule has 14 heteroatoms. The van der Waals surface area contributed by atoms with Crippen molar-refractivity contribution < 1.29 is 18.1 Å². The summed E-state index contributed by atoms with van der Waals surface area (Å²) >= 11 is 10.3. The molecule has 0 radical (unpaired) electrons. The van der Waals surface area contributed by atoms with Gasteiger partial charge in [-0.3, -0.25) is 9.13 Å². The zero-order valence-electron chi connectivity index (χ0n) is 52.3. The third-order valence-electron chi connectivity index (χ3n) is 19.5. The number of hydrogen-bond donors (Lipinski definition) is 0. The van der Waals surface area contributed by atoms with Crippen molar-refractivity contribution in [2.24, 2.45) is 0 Å². The van der Waals surface area contributed by atoms with E-state index in [1.54, 1.807) is 0 Å². The van der Waals surface area contributed by atoms with Crippen molar-refractivity contribution >= 4 is 196 Å². The molecule has 1 saturated heterocycles. The number of thiophene rings is 2. The predicted molar refractivity (Wildman–Crippen MR) is 401 cm³/mol. The summed E-state index contributed by atoms with van der Waals surface area (Å²) in [6, 6.07) is 88.6. The maximum absolute atomic E-state index is 6.56. The molecular formula is C82H54BClN6O4S2. The van der Waals surface area contributed by atoms with Gasteiger partial charge in [-0.1, -0.05) is 218 Å². The van der Waals surface area contributed by atoms with Gasteiger partial charge in [0.2, 0.25) is 16.7 Å². The Morgan fingerprint density at radius 3 is 1.24 bits per heavy atom. The average Bonchev–Trinajstić information content (AvgIpc) is 1.53. The SMILES string of the molecule is CC1(C)OB(c2ccccc2)OC1(C)C.Clc1nc(-n2c3ccccc3c3c4ccccc4c4sc5ccccc5c4c32)c2c(n1)oc1ccccc12.c1ccc(-c2nc(-n3c4ccccc4c4c5ccccc5c5sc6ccccc6c5c43)c3c(n2)oc2ccccc23)cc1. The number of benzene rings is 12. The van der Waals surface area contributed by atoms with Crippen molar-refractivity contribution in [1.82, 2.24) is 29.1 Å². The normalized spacial score (nSPS) is 13.9. The summed E-state index contributed by atoms with van der Waals surface area (Å²) in [5, 5.41) is 18.7. The second-order valence-corrected chi connectivity index (χ2v) is 27.9. The fourth-order valence-electron chi connectivity index (χ4n) is 14.5. The summed E-state index contributed by atoms with van der Waals surface area (Å²) in [5.74, 6) is 2.19. The van der Waals surface area contributed by atoms with Gasteiger partial charge in [0.1, 0.15) is 11.2 Å². The van der Waals surface area contributed by atoms with Crippen LogP contribution in [-0.4, -0.2) is 47.4 Å². The van der Waals surface area contributed by atoms with E-state index in [-0.39, 0.29) is 23.6 Å². The van der Waals surface area contributed by atoms with E-state index < -0.39 is 0 Å². The number of aromatic nitrogens is 6. The minimum Gasteiger partial charge on any atom is -0.437 e. The van der Waals surface area contributed by atoms with Crippen LogP contribution >= 0.6 is 34.3 Å². The van der Waals surface area contributed by atoms with E-state index in [1.165, 1.54) is 83.4 Å². The minimum atomic E-state index is -0.256. The molecule has 0 saturated carbocycles. The first-order valence-electron chi connectivity index (χ1n) is 32.1. The molecule has 1 fully saturated rings. The van der Waals surface area contributed by atoms with Gasteiger partial charge in [0, 0.05) is 89.0 Å². The van der Waals surface area contributed by atoms with Crippen LogP contribution < -0.4 is 5.46 Å². The third kappa shape index (κ3) is 8.57. The Morgan fingerprint density at radius 2 is 0.740 bits per heavy atom. The Balaban J connectivity index is 0.000000112. The summed E-state index contributed by atoms with van der Waals surface area (Å²) in [4.78, 5) is 19.7. The molecule has 10 nitrogen and oxygen atoms in total. The molecule has 21 rings (SSSR count). The molecule has 0 atom stereocenters. The lowest BCUT2D eigenvalue weighted by atomic mass is 9.79. The molecular weight excluding hydrogens is 1240 g/mol. The molecule has 8 aromatic heterocycles. The highest BCUT2D eigenvalue weighted by molar-refractivity contribution is 7.27. The highest BCUT2D eigenvalue weighted by Gasteiger charge is 2.51. The van der Waals surface area contributed by atoms with Crippen molar-refractivity contribution in [2.45, 2.75) is 38.9 Å². The van der Waals surface area contributed by atoms with Gasteiger partial charge < -0.3 is 18.1 Å². The van der Waals surface area contributed by atoms with Crippen molar-refractivity contribution in [1.29, 1.82) is 0 Å². The Hall–Kier alpha value is -10.8. The second-order valence-electron chi connectivity index (χ2n) is 25.5. The Bertz CT molecular complexity index is 6570. The van der Waals surface area contributed by atoms with Crippen molar-refractivity contribution in [3.05, 3.63) is 260 Å². The summed E-state index contributed by atoms with van der Waals surface area (Å²) in [5.41, 5.74) is 8.61. The fourth-order valence-corrected chi connectivity index (χ4v) is 17.1. The second kappa shape index (κ2) is 21.6. The fraction of sp³-hybridized carbons (Fsp3) is 0.0732. The Morgan fingerprint density at radius 1 is 0.354 bits per heavy atom. The molecule has 0 N–H and O–H groups in total. The summed E-state index contributed by atoms with van der Waals surface area (Å²) in [6.45, 7) is 8.26. The highest BCUT2D eigenvalue weighted by Crippen LogP contribution is 2.51. The van der Waals surface area contributed by atoms with E-state index in [0.717, 1.165) is 77.4 Å². The maximum Gasteiger partial charge on any atom is 0.494 e. The monoisotopic (exact) mass is 1300 g/mol. The van der Waals surface area contributed by atoms with Crippen LogP contribution in [-0.2, 0) is 9.31 Å². The first-order valence-corrected chi connectivity index (χ1v) is 34.1. The van der Waals surface area contributed by atoms with Gasteiger partial charge >= 0.3 is 7.12 Å². The molecule has 1 aliphatic rings. The minimum absolute atomic E-state index is 0.157. The molecule has 20 aromatic rings. The quantitative estimate of drug-likeness (QED) is 0.127. The number of fused-ring (bicyclic) bond motifs is 26. The van der Waals surface area contributed by atoms with Gasteiger partial charge in [0.15, 0.2) is 17.5 Å². The van der Waals surface area contributed by atoms with Gasteiger partial charge in [0.05, 0.1) is 44.0 Å². The van der Waals surface area contributed by atoms with E-state index in [9.17, 15) is 0 Å². The van der Waals surface area contributed by atoms with E-state index in [2.05, 4.69) is 218 Å². The van der Waals surface area contributed by atoms with Gasteiger partial charge in [-0.2, -0.15) is 15.0 Å². The average molecular weight is 1300 g/mol. The van der Waals surface area contributed by atoms with E-state index >= 15 is 0 Å². The number of rotatable bonds is 4. The largest absolute Gasteiger partial charge is 0.494 e. The first kappa shape index (κ1) is 56.7. The van der Waals surface area contributed by atoms with Crippen LogP contribution in [0.25, 0.3) is 173 Å². The molecule has 0 aliphatic carbocycles. The molecule has 0 spiro atoms. The molecule has 96 heavy (non-hydrogen) atoms. The van der Waals surface area contributed by atoms with Crippen molar-refractivity contribution in [3.63, 3.8) is 0 Å². The molecule has 0 amide bonds. The van der Waals surface area contributed by atoms with Crippen molar-refractivity contribution in [3.8, 4) is 23.0 Å². The van der Waals surface area contributed by atoms with Gasteiger partial charge in [-0.05, 0) is 91.9 Å². The van der Waals surface area contributed by atoms with Gasteiger partial charge in [-0.15, -0.1) is 22.7 Å². The lowest BCUT2D eigenvalue weighted by Crippen LogP contribution is -2.41. The number of halogens is 1. The summed E-state index contributed by atoms with van der Waals surface area (Å²) in [6.07, 6.45) is 0. The van der Waals surface area contributed by atoms with E-state index in [1.807, 2.05) is 102 Å². The summed E-state index contributed by atoms with van der Waals surface area (Å²) < 4.78 is 34.2. The van der Waals surface area contributed by atoms with Crippen LogP contribution in [0.3, 0.4) is 0 Å². The number of nitrogens with zero attached hydrogens (tertiary/aromatic N) is 6. The zero-order chi connectivity index (χ0) is 64.1. The molecule has 1 aliphatic heterocycles. The molecule has 0 unspecified atom stereocenters. The molecule has 12 aromatic carbocycles. The van der Waals surface area contributed by atoms with E-state index in [4.69, 9.17) is 44.7 Å². The molecule has 0 bridgehead atoms. The van der Waals surface area contributed by atoms with Crippen LogP contribution in [0.2, 0.25) is 5.28 Å². The van der Waals surface area contributed by atoms with Crippen LogP contribution in [0.4, 0.5) is 0 Å². The standard InChI is InChI=1S/C38H21N3OS.C32H16ClN3OS.C12H17BO2/c1-2-12-22(13-3-1)36-39-37(33-26-17-7-10-20-29(26)42-38(33)40-36)41-28-19-9-6-16-25(28)31-23-14-4-5-15-24(23)35-32(34(31)41)27-18-8-11-21-30(27)43-35;33-32-34-30(27-20-12-4-7-15-23(20)37-31(27)35-32)36-22-14-6-3-11-19(22)25-17-9-1-2-10-18(17)29-26(28(25)36)21-13-5-8-16-24(21)38-29;1-11(2)12(3,4)15-13(14-11)10-8-6-5-7-9-10/h1-21H;1-16H;5-9H,1-4H3. The number of furan rings is 2. The third-order valence-corrected chi connectivity index (χ3v) is 22.1. The number of para-hydroxylation sites is 4. The van der Waals surface area contributed by atoms with Crippen LogP contribution in [0.15, 0.2) is 264 Å². The smallest absolute Gasteiger partial charge is 0.437 e. The van der Waals surface area contributed by atoms with Crippen LogP contribution in [0.5, 0.6) is 0 Å². The molecule has 9 heterocycles. The van der Waals surface area contributed by atoms with Gasteiger partial charge in [0.25, 0.3) is 0 Å². The lowest BCUT2D eigenvalue weighted by Gasteiger charge is -2.32. The van der Waals surface area contributed by atoms with Crippen LogP contribution in [0.1, 0.15) is 27.7 Å². The van der Waals surface area contributed by atoms with Gasteiger partial charge in [-0.25, -0.2) is 4.98 Å². The first-order chi connectivity index (χ1) is 47.0. The Labute approximate surface area is 561 Å². The van der Waals surface area contributed by atoms with E-state index in [0.29, 0.717) is 17.3 Å².